The number of phenolic OH excluding ortho intramolecular Hbond substituents is 1. The van der Waals surface area contributed by atoms with Crippen LogP contribution in [0.1, 0.15) is 5.56 Å². The molecule has 0 aliphatic carbocycles. The summed E-state index contributed by atoms with van der Waals surface area (Å²) in [5, 5.41) is 19.1. The molecule has 1 unspecified atom stereocenters. The molecule has 0 fully saturated rings. The van der Waals surface area contributed by atoms with E-state index in [0.717, 1.165) is 0 Å². The summed E-state index contributed by atoms with van der Waals surface area (Å²) in [7, 11) is -4.73. The minimum absolute atomic E-state index is 0. The number of rotatable bonds is 3. The number of aliphatic hydroxyl groups excluding tert-OH is 1. The Morgan fingerprint density at radius 2 is 2.06 bits per heavy atom. The Morgan fingerprint density at radius 3 is 2.67 bits per heavy atom. The van der Waals surface area contributed by atoms with E-state index >= 15 is 0 Å². The predicted octanol–water partition coefficient (Wildman–Crippen LogP) is -2.72. The second-order valence-electron chi connectivity index (χ2n) is 3.70. The van der Waals surface area contributed by atoms with Crippen LogP contribution in [0, 0.1) is 0 Å². The summed E-state index contributed by atoms with van der Waals surface area (Å²) in [5.74, 6) is 0.0258. The first kappa shape index (κ1) is 15.5. The van der Waals surface area contributed by atoms with Crippen LogP contribution in [0.25, 0.3) is 10.9 Å². The van der Waals surface area contributed by atoms with Crippen LogP contribution >= 0.6 is 0 Å². The van der Waals surface area contributed by atoms with Crippen LogP contribution in [-0.4, -0.2) is 33.6 Å². The van der Waals surface area contributed by atoms with Crippen LogP contribution in [0.2, 0.25) is 0 Å². The van der Waals surface area contributed by atoms with Gasteiger partial charge in [-0.3, -0.25) is 0 Å². The summed E-state index contributed by atoms with van der Waals surface area (Å²) in [6.45, 7) is 0. The van der Waals surface area contributed by atoms with Crippen molar-refractivity contribution in [3.05, 3.63) is 30.0 Å². The number of aliphatic hydroxyl groups is 1. The molecule has 0 amide bonds. The summed E-state index contributed by atoms with van der Waals surface area (Å²) in [4.78, 5) is 2.85. The van der Waals surface area contributed by atoms with Crippen molar-refractivity contribution >= 4 is 21.0 Å². The second kappa shape index (κ2) is 5.60. The third kappa shape index (κ3) is 3.25. The van der Waals surface area contributed by atoms with Gasteiger partial charge in [0, 0.05) is 23.5 Å². The van der Waals surface area contributed by atoms with Gasteiger partial charge >= 0.3 is 29.6 Å². The minimum Gasteiger partial charge on any atom is -0.746 e. The van der Waals surface area contributed by atoms with E-state index in [4.69, 9.17) is 0 Å². The summed E-state index contributed by atoms with van der Waals surface area (Å²) in [6.07, 6.45) is 1.19. The largest absolute Gasteiger partial charge is 1.00 e. The fourth-order valence-corrected chi connectivity index (χ4v) is 2.01. The number of benzene rings is 1. The van der Waals surface area contributed by atoms with Crippen LogP contribution in [0.5, 0.6) is 5.75 Å². The van der Waals surface area contributed by atoms with Crippen molar-refractivity contribution in [1.29, 1.82) is 0 Å². The second-order valence-corrected chi connectivity index (χ2v) is 5.23. The Morgan fingerprint density at radius 1 is 1.39 bits per heavy atom. The molecular formula is C10H10NNaO5S. The van der Waals surface area contributed by atoms with Crippen molar-refractivity contribution < 1.29 is 52.7 Å². The number of nitrogens with one attached hydrogen (secondary N) is 1. The number of aromatic hydroxyl groups is 1. The zero-order valence-electron chi connectivity index (χ0n) is 9.62. The van der Waals surface area contributed by atoms with Crippen LogP contribution in [0.15, 0.2) is 24.4 Å². The first-order chi connectivity index (χ1) is 7.88. The van der Waals surface area contributed by atoms with Gasteiger partial charge in [0.15, 0.2) is 0 Å². The predicted molar refractivity (Wildman–Crippen MR) is 59.4 cm³/mol. The molecule has 0 saturated heterocycles. The molecule has 1 atom stereocenters. The number of phenols is 1. The van der Waals surface area contributed by atoms with E-state index in [1.54, 1.807) is 6.07 Å². The summed E-state index contributed by atoms with van der Waals surface area (Å²) in [6, 6.07) is 4.53. The average Bonchev–Trinajstić information content (AvgIpc) is 2.60. The average molecular weight is 279 g/mol. The fourth-order valence-electron chi connectivity index (χ4n) is 1.63. The molecule has 0 aliphatic rings. The monoisotopic (exact) mass is 279 g/mol. The molecule has 0 aliphatic heterocycles. The van der Waals surface area contributed by atoms with Gasteiger partial charge in [0.25, 0.3) is 0 Å². The van der Waals surface area contributed by atoms with E-state index in [9.17, 15) is 23.2 Å². The summed E-state index contributed by atoms with van der Waals surface area (Å²) < 4.78 is 31.8. The molecule has 3 N–H and O–H groups in total. The number of hydrogen-bond acceptors (Lipinski definition) is 5. The molecule has 0 spiro atoms. The topological polar surface area (TPSA) is 113 Å². The number of aromatic amines is 1. The fraction of sp³-hybridized carbons (Fsp3) is 0.200. The molecule has 8 heteroatoms. The quantitative estimate of drug-likeness (QED) is 0.417. The molecule has 0 saturated carbocycles. The van der Waals surface area contributed by atoms with Crippen LogP contribution in [0.4, 0.5) is 0 Å². The zero-order valence-corrected chi connectivity index (χ0v) is 12.4. The van der Waals surface area contributed by atoms with Gasteiger partial charge in [-0.15, -0.1) is 0 Å². The Hall–Kier alpha value is -0.570. The third-order valence-electron chi connectivity index (χ3n) is 2.48. The Labute approximate surface area is 126 Å². The summed E-state index contributed by atoms with van der Waals surface area (Å²) >= 11 is 0. The molecule has 0 radical (unpaired) electrons. The normalized spacial score (nSPS) is 13.2. The SMILES string of the molecule is O=S(=O)([O-])C(O)Cc1c[nH]c2ccc(O)cc12.[Na+]. The molecule has 1 heterocycles. The van der Waals surface area contributed by atoms with E-state index in [1.165, 1.54) is 18.3 Å². The van der Waals surface area contributed by atoms with Gasteiger partial charge in [-0.1, -0.05) is 0 Å². The molecule has 18 heavy (non-hydrogen) atoms. The number of hydrogen-bond donors (Lipinski definition) is 3. The minimum atomic E-state index is -4.73. The first-order valence-electron chi connectivity index (χ1n) is 4.79. The van der Waals surface area contributed by atoms with Crippen molar-refractivity contribution in [1.82, 2.24) is 4.98 Å². The third-order valence-corrected chi connectivity index (χ3v) is 3.31. The summed E-state index contributed by atoms with van der Waals surface area (Å²) in [5.41, 5.74) is -0.833. The molecule has 1 aromatic heterocycles. The zero-order chi connectivity index (χ0) is 12.6. The van der Waals surface area contributed by atoms with E-state index in [2.05, 4.69) is 4.98 Å². The standard InChI is InChI=1S/C10H11NO5S.Na/c12-7-1-2-9-8(4-7)6(5-11-9)3-10(13)17(14,15)16;/h1-2,4-5,10-13H,3H2,(H,14,15,16);/q;+1/p-1. The number of fused-ring (bicyclic) bond motifs is 1. The van der Waals surface area contributed by atoms with Gasteiger partial charge in [0.2, 0.25) is 0 Å². The number of H-pyrrole nitrogens is 1. The van der Waals surface area contributed by atoms with Gasteiger partial charge in [0.1, 0.15) is 21.3 Å². The van der Waals surface area contributed by atoms with Crippen molar-refractivity contribution in [3.8, 4) is 5.75 Å². The molecular weight excluding hydrogens is 269 g/mol. The first-order valence-corrected chi connectivity index (χ1v) is 6.27. The Kier molecular flexibility index (Phi) is 4.82. The molecule has 1 aromatic carbocycles. The van der Waals surface area contributed by atoms with Crippen LogP contribution in [0.3, 0.4) is 0 Å². The molecule has 92 valence electrons. The van der Waals surface area contributed by atoms with E-state index in [0.29, 0.717) is 16.5 Å². The van der Waals surface area contributed by atoms with Crippen LogP contribution < -0.4 is 29.6 Å². The maximum Gasteiger partial charge on any atom is 1.00 e. The smallest absolute Gasteiger partial charge is 0.746 e. The van der Waals surface area contributed by atoms with Crippen molar-refractivity contribution in [2.75, 3.05) is 0 Å². The van der Waals surface area contributed by atoms with Gasteiger partial charge in [-0.2, -0.15) is 0 Å². The Balaban J connectivity index is 0.00000162. The van der Waals surface area contributed by atoms with Crippen LogP contribution in [-0.2, 0) is 16.5 Å². The van der Waals surface area contributed by atoms with E-state index in [1.807, 2.05) is 0 Å². The maximum absolute atomic E-state index is 10.6. The van der Waals surface area contributed by atoms with E-state index in [-0.39, 0.29) is 41.7 Å². The van der Waals surface area contributed by atoms with Crippen molar-refractivity contribution in [2.24, 2.45) is 0 Å². The van der Waals surface area contributed by atoms with Crippen molar-refractivity contribution in [2.45, 2.75) is 11.9 Å². The van der Waals surface area contributed by atoms with Crippen molar-refractivity contribution in [3.63, 3.8) is 0 Å². The van der Waals surface area contributed by atoms with E-state index < -0.39 is 15.6 Å². The number of aromatic nitrogens is 1. The molecule has 2 aromatic rings. The van der Waals surface area contributed by atoms with Gasteiger partial charge in [-0.05, 0) is 23.8 Å². The van der Waals surface area contributed by atoms with Gasteiger partial charge < -0.3 is 19.7 Å². The molecule has 0 bridgehead atoms. The molecule has 2 rings (SSSR count). The Bertz CT molecular complexity index is 651. The van der Waals surface area contributed by atoms with Gasteiger partial charge in [-0.25, -0.2) is 8.42 Å². The molecule has 6 nitrogen and oxygen atoms in total. The van der Waals surface area contributed by atoms with Gasteiger partial charge in [0.05, 0.1) is 0 Å². The maximum atomic E-state index is 10.6.